The molecule has 0 bridgehead atoms. The summed E-state index contributed by atoms with van der Waals surface area (Å²) in [6, 6.07) is -0.355. The van der Waals surface area contributed by atoms with Crippen LogP contribution in [0.4, 0.5) is 4.79 Å². The molecule has 0 radical (unpaired) electrons. The number of allylic oxidation sites excluding steroid dienone is 2. The fourth-order valence-electron chi connectivity index (χ4n) is 1.76. The van der Waals surface area contributed by atoms with Gasteiger partial charge in [-0.2, -0.15) is 0 Å². The first-order chi connectivity index (χ1) is 6.29. The molecular weight excluding hydrogens is 166 g/mol. The molecule has 2 aliphatic rings. The maximum atomic E-state index is 11.1. The number of carbonyl (C=O) groups is 1. The Morgan fingerprint density at radius 2 is 2.31 bits per heavy atom. The summed E-state index contributed by atoms with van der Waals surface area (Å²) in [5.74, 6) is 0.946. The van der Waals surface area contributed by atoms with Crippen LogP contribution in [0.15, 0.2) is 24.0 Å². The Bertz CT molecular complexity index is 283. The van der Waals surface area contributed by atoms with E-state index in [1.54, 1.807) is 4.90 Å². The van der Waals surface area contributed by atoms with Crippen LogP contribution in [0, 0.1) is 0 Å². The minimum absolute atomic E-state index is 0.355. The molecule has 1 fully saturated rings. The molecule has 2 aliphatic heterocycles. The van der Waals surface area contributed by atoms with Crippen molar-refractivity contribution in [2.75, 3.05) is 19.6 Å². The summed E-state index contributed by atoms with van der Waals surface area (Å²) in [5.41, 5.74) is 5.27. The van der Waals surface area contributed by atoms with Gasteiger partial charge in [0.1, 0.15) is 5.82 Å². The van der Waals surface area contributed by atoms with Crippen molar-refractivity contribution in [3.8, 4) is 0 Å². The molecule has 0 saturated carbocycles. The third-order valence-corrected chi connectivity index (χ3v) is 2.38. The Balaban J connectivity index is 2.24. The molecule has 70 valence electrons. The average molecular weight is 179 g/mol. The van der Waals surface area contributed by atoms with Gasteiger partial charge in [0.2, 0.25) is 0 Å². The molecule has 2 rings (SSSR count). The first kappa shape index (κ1) is 8.16. The van der Waals surface area contributed by atoms with E-state index in [1.807, 2.05) is 12.2 Å². The number of hydrogen-bond acceptors (Lipinski definition) is 2. The predicted molar refractivity (Wildman–Crippen MR) is 49.7 cm³/mol. The zero-order valence-electron chi connectivity index (χ0n) is 7.44. The van der Waals surface area contributed by atoms with E-state index >= 15 is 0 Å². The molecule has 1 saturated heterocycles. The molecular formula is C9H13N3O. The van der Waals surface area contributed by atoms with Crippen LogP contribution in [0.1, 0.15) is 6.42 Å². The van der Waals surface area contributed by atoms with Gasteiger partial charge < -0.3 is 10.6 Å². The van der Waals surface area contributed by atoms with Gasteiger partial charge in [0.05, 0.1) is 0 Å². The van der Waals surface area contributed by atoms with Gasteiger partial charge in [-0.25, -0.2) is 4.79 Å². The van der Waals surface area contributed by atoms with Crippen LogP contribution >= 0.6 is 0 Å². The average Bonchev–Trinajstić information content (AvgIpc) is 2.17. The second kappa shape index (κ2) is 3.12. The minimum Gasteiger partial charge on any atom is -0.354 e. The van der Waals surface area contributed by atoms with Crippen molar-refractivity contribution in [1.29, 1.82) is 0 Å². The van der Waals surface area contributed by atoms with Crippen molar-refractivity contribution in [2.45, 2.75) is 6.42 Å². The molecule has 0 aromatic heterocycles. The lowest BCUT2D eigenvalue weighted by Gasteiger charge is -2.39. The van der Waals surface area contributed by atoms with Gasteiger partial charge in [-0.15, -0.1) is 0 Å². The Labute approximate surface area is 77.3 Å². The summed E-state index contributed by atoms with van der Waals surface area (Å²) < 4.78 is 0. The molecule has 13 heavy (non-hydrogen) atoms. The highest BCUT2D eigenvalue weighted by Gasteiger charge is 2.24. The molecule has 0 aromatic carbocycles. The first-order valence-corrected chi connectivity index (χ1v) is 4.48. The Hall–Kier alpha value is -1.45. The van der Waals surface area contributed by atoms with Crippen molar-refractivity contribution in [1.82, 2.24) is 9.80 Å². The molecule has 0 atom stereocenters. The molecule has 0 unspecified atom stereocenters. The minimum atomic E-state index is -0.355. The highest BCUT2D eigenvalue weighted by molar-refractivity contribution is 5.74. The fraction of sp³-hybridized carbons (Fsp3) is 0.444. The van der Waals surface area contributed by atoms with Crippen LogP contribution < -0.4 is 5.73 Å². The van der Waals surface area contributed by atoms with Crippen LogP contribution in [0.2, 0.25) is 0 Å². The van der Waals surface area contributed by atoms with E-state index < -0.39 is 0 Å². The summed E-state index contributed by atoms with van der Waals surface area (Å²) in [5, 5.41) is 0. The highest BCUT2D eigenvalue weighted by Crippen LogP contribution is 2.19. The lowest BCUT2D eigenvalue weighted by molar-refractivity contribution is 0.169. The standard InChI is InChI=1S/C9H13N3O/c10-9(13)12-7-3-6-11-5-2-1-4-8(11)12/h1-2,4H,3,5-7H2,(H2,10,13). The second-order valence-electron chi connectivity index (χ2n) is 3.24. The van der Waals surface area contributed by atoms with Crippen LogP contribution in [0.25, 0.3) is 0 Å². The van der Waals surface area contributed by atoms with Crippen molar-refractivity contribution in [3.63, 3.8) is 0 Å². The third-order valence-electron chi connectivity index (χ3n) is 2.38. The SMILES string of the molecule is NC(=O)N1CCCN2CC=CC=C21. The van der Waals surface area contributed by atoms with Crippen LogP contribution in [-0.4, -0.2) is 35.5 Å². The van der Waals surface area contributed by atoms with Gasteiger partial charge in [-0.05, 0) is 12.5 Å². The number of urea groups is 1. The van der Waals surface area contributed by atoms with E-state index in [0.29, 0.717) is 0 Å². The Morgan fingerprint density at radius 3 is 3.08 bits per heavy atom. The summed E-state index contributed by atoms with van der Waals surface area (Å²) in [6.45, 7) is 2.64. The van der Waals surface area contributed by atoms with E-state index in [4.69, 9.17) is 5.73 Å². The summed E-state index contributed by atoms with van der Waals surface area (Å²) in [6.07, 6.45) is 6.97. The number of carbonyl (C=O) groups excluding carboxylic acids is 1. The lowest BCUT2D eigenvalue weighted by atomic mass is 10.2. The topological polar surface area (TPSA) is 49.6 Å². The second-order valence-corrected chi connectivity index (χ2v) is 3.24. The zero-order valence-corrected chi connectivity index (χ0v) is 7.44. The number of fused-ring (bicyclic) bond motifs is 1. The van der Waals surface area contributed by atoms with Crippen molar-refractivity contribution in [2.24, 2.45) is 5.73 Å². The third kappa shape index (κ3) is 1.39. The molecule has 4 heteroatoms. The van der Waals surface area contributed by atoms with Gasteiger partial charge in [0.15, 0.2) is 0 Å². The van der Waals surface area contributed by atoms with E-state index in [0.717, 1.165) is 31.9 Å². The van der Waals surface area contributed by atoms with Gasteiger partial charge in [0, 0.05) is 19.6 Å². The van der Waals surface area contributed by atoms with E-state index in [9.17, 15) is 4.79 Å². The van der Waals surface area contributed by atoms with E-state index in [2.05, 4.69) is 11.0 Å². The zero-order chi connectivity index (χ0) is 9.26. The van der Waals surface area contributed by atoms with Crippen molar-refractivity contribution < 1.29 is 4.79 Å². The van der Waals surface area contributed by atoms with Crippen LogP contribution in [0.5, 0.6) is 0 Å². The smallest absolute Gasteiger partial charge is 0.320 e. The summed E-state index contributed by atoms with van der Waals surface area (Å²) in [4.78, 5) is 14.9. The normalized spacial score (nSPS) is 21.1. The number of primary amides is 1. The first-order valence-electron chi connectivity index (χ1n) is 4.48. The van der Waals surface area contributed by atoms with Crippen molar-refractivity contribution in [3.05, 3.63) is 24.0 Å². The lowest BCUT2D eigenvalue weighted by Crippen LogP contribution is -2.48. The van der Waals surface area contributed by atoms with Gasteiger partial charge in [-0.1, -0.05) is 12.2 Å². The van der Waals surface area contributed by atoms with Crippen molar-refractivity contribution >= 4 is 6.03 Å². The quantitative estimate of drug-likeness (QED) is 0.588. The highest BCUT2D eigenvalue weighted by atomic mass is 16.2. The molecule has 0 aliphatic carbocycles. The molecule has 0 spiro atoms. The predicted octanol–water partition coefficient (Wildman–Crippen LogP) is 0.484. The number of amides is 2. The maximum Gasteiger partial charge on any atom is 0.320 e. The van der Waals surface area contributed by atoms with E-state index in [-0.39, 0.29) is 6.03 Å². The number of hydrogen-bond donors (Lipinski definition) is 1. The van der Waals surface area contributed by atoms with Gasteiger partial charge in [0.25, 0.3) is 0 Å². The molecule has 2 N–H and O–H groups in total. The molecule has 0 aromatic rings. The van der Waals surface area contributed by atoms with Crippen LogP contribution in [-0.2, 0) is 0 Å². The Morgan fingerprint density at radius 1 is 1.46 bits per heavy atom. The van der Waals surface area contributed by atoms with Gasteiger partial charge >= 0.3 is 6.03 Å². The summed E-state index contributed by atoms with van der Waals surface area (Å²) >= 11 is 0. The van der Waals surface area contributed by atoms with E-state index in [1.165, 1.54) is 0 Å². The Kier molecular flexibility index (Phi) is 1.96. The molecule has 2 heterocycles. The monoisotopic (exact) mass is 179 g/mol. The summed E-state index contributed by atoms with van der Waals surface area (Å²) in [7, 11) is 0. The van der Waals surface area contributed by atoms with Crippen LogP contribution in [0.3, 0.4) is 0 Å². The number of nitrogens with zero attached hydrogens (tertiary/aromatic N) is 2. The molecule has 4 nitrogen and oxygen atoms in total. The fourth-order valence-corrected chi connectivity index (χ4v) is 1.76. The van der Waals surface area contributed by atoms with Gasteiger partial charge in [-0.3, -0.25) is 4.90 Å². The number of nitrogens with two attached hydrogens (primary N) is 1. The molecule has 2 amide bonds. The largest absolute Gasteiger partial charge is 0.354 e. The maximum absolute atomic E-state index is 11.1. The number of rotatable bonds is 0.